The Morgan fingerprint density at radius 1 is 0.548 bits per heavy atom. The Bertz CT molecular complexity index is 1680. The Kier molecular flexibility index (Phi) is 6.76. The molecule has 0 N–H and O–H groups in total. The van der Waals surface area contributed by atoms with Gasteiger partial charge in [0, 0.05) is 11.1 Å². The van der Waals surface area contributed by atoms with Gasteiger partial charge in [0.05, 0.1) is 11.1 Å². The highest BCUT2D eigenvalue weighted by atomic mass is 19.4. The van der Waals surface area contributed by atoms with E-state index in [-0.39, 0.29) is 11.2 Å². The number of fused-ring (bicyclic) bond motifs is 3. The molecule has 7 heteroatoms. The van der Waals surface area contributed by atoms with Crippen molar-refractivity contribution in [3.8, 4) is 11.1 Å². The topological polar surface area (TPSA) is 17.1 Å². The van der Waals surface area contributed by atoms with Crippen LogP contribution in [0.3, 0.4) is 0 Å². The first-order chi connectivity index (χ1) is 19.3. The van der Waals surface area contributed by atoms with Crippen LogP contribution in [0.4, 0.5) is 26.3 Å². The molecule has 0 aromatic heterocycles. The summed E-state index contributed by atoms with van der Waals surface area (Å²) < 4.78 is 79.3. The van der Waals surface area contributed by atoms with Crippen molar-refractivity contribution in [2.24, 2.45) is 5.41 Å². The maximum atomic E-state index is 14.1. The molecule has 1 nitrogen and oxygen atoms in total. The number of halogens is 6. The van der Waals surface area contributed by atoms with Crippen molar-refractivity contribution in [1.29, 1.82) is 0 Å². The van der Waals surface area contributed by atoms with Gasteiger partial charge in [0.15, 0.2) is 5.78 Å². The van der Waals surface area contributed by atoms with Crippen molar-refractivity contribution < 1.29 is 31.1 Å². The molecule has 0 amide bonds. The van der Waals surface area contributed by atoms with E-state index >= 15 is 0 Å². The number of carbonyl (C=O) groups excluding carboxylic acids is 1. The van der Waals surface area contributed by atoms with Gasteiger partial charge in [0.2, 0.25) is 0 Å². The number of benzene rings is 3. The molecule has 0 heterocycles. The molecule has 0 spiro atoms. The molecule has 2 aliphatic rings. The van der Waals surface area contributed by atoms with E-state index in [1.807, 2.05) is 59.8 Å². The molecule has 0 aliphatic heterocycles. The standard InChI is InChI=1S/C35H30F6O/c1-32(2,3)28-17-24-21(15-25(28)19-7-11-22(12-8-19)34(36,37)38)16-27-26(24)18-29(33(4,5)6)30(31(27)42)20-9-13-23(14-10-20)35(39,40)41/h7-18H,1-6H3. The third-order valence-electron chi connectivity index (χ3n) is 7.74. The van der Waals surface area contributed by atoms with Gasteiger partial charge in [0.1, 0.15) is 0 Å². The van der Waals surface area contributed by atoms with Gasteiger partial charge < -0.3 is 0 Å². The van der Waals surface area contributed by atoms with E-state index in [1.165, 1.54) is 24.3 Å². The minimum atomic E-state index is -4.49. The Morgan fingerprint density at radius 3 is 1.50 bits per heavy atom. The number of alkyl halides is 6. The highest BCUT2D eigenvalue weighted by Crippen LogP contribution is 2.50. The zero-order valence-corrected chi connectivity index (χ0v) is 24.1. The van der Waals surface area contributed by atoms with Crippen LogP contribution in [0.25, 0.3) is 28.3 Å². The summed E-state index contributed by atoms with van der Waals surface area (Å²) in [5.41, 5.74) is 4.18. The molecular weight excluding hydrogens is 550 g/mol. The van der Waals surface area contributed by atoms with E-state index in [0.29, 0.717) is 22.3 Å². The Balaban J connectivity index is 1.68. The van der Waals surface area contributed by atoms with Crippen LogP contribution in [-0.2, 0) is 22.6 Å². The van der Waals surface area contributed by atoms with E-state index < -0.39 is 28.9 Å². The molecule has 0 atom stereocenters. The number of ketones is 1. The van der Waals surface area contributed by atoms with Gasteiger partial charge in [-0.1, -0.05) is 65.8 Å². The second-order valence-electron chi connectivity index (χ2n) is 12.9. The van der Waals surface area contributed by atoms with Crippen LogP contribution in [0.5, 0.6) is 0 Å². The Morgan fingerprint density at radius 2 is 1.05 bits per heavy atom. The third-order valence-corrected chi connectivity index (χ3v) is 7.74. The fourth-order valence-electron chi connectivity index (χ4n) is 5.57. The first-order valence-corrected chi connectivity index (χ1v) is 13.5. The molecule has 0 radical (unpaired) electrons. The van der Waals surface area contributed by atoms with Crippen molar-refractivity contribution in [1.82, 2.24) is 0 Å². The number of hydrogen-bond acceptors (Lipinski definition) is 1. The lowest BCUT2D eigenvalue weighted by molar-refractivity contribution is -0.138. The first kappa shape index (κ1) is 29.6. The van der Waals surface area contributed by atoms with Gasteiger partial charge in [-0.05, 0) is 104 Å². The Labute approximate surface area is 241 Å². The molecule has 0 saturated heterocycles. The Hall–Kier alpha value is -3.87. The summed E-state index contributed by atoms with van der Waals surface area (Å²) in [5.74, 6) is -0.276. The number of allylic oxidation sites excluding steroid dienone is 5. The van der Waals surface area contributed by atoms with Gasteiger partial charge in [-0.15, -0.1) is 0 Å². The number of rotatable bonds is 2. The minimum Gasteiger partial charge on any atom is -0.289 e. The van der Waals surface area contributed by atoms with E-state index in [9.17, 15) is 31.1 Å². The summed E-state index contributed by atoms with van der Waals surface area (Å²) in [6, 6.07) is 13.6. The van der Waals surface area contributed by atoms with Crippen LogP contribution in [0.1, 0.15) is 74.9 Å². The van der Waals surface area contributed by atoms with Crippen LogP contribution in [-0.4, -0.2) is 5.78 Å². The largest absolute Gasteiger partial charge is 0.416 e. The smallest absolute Gasteiger partial charge is 0.289 e. The molecule has 3 aromatic carbocycles. The van der Waals surface area contributed by atoms with Gasteiger partial charge >= 0.3 is 12.4 Å². The average molecular weight is 581 g/mol. The second-order valence-corrected chi connectivity index (χ2v) is 12.9. The van der Waals surface area contributed by atoms with Crippen molar-refractivity contribution >= 4 is 23.0 Å². The molecule has 0 unspecified atom stereocenters. The van der Waals surface area contributed by atoms with Crippen LogP contribution in [0.15, 0.2) is 77.9 Å². The van der Waals surface area contributed by atoms with Crippen LogP contribution >= 0.6 is 0 Å². The van der Waals surface area contributed by atoms with Crippen LogP contribution in [0, 0.1) is 5.41 Å². The quantitative estimate of drug-likeness (QED) is 0.276. The van der Waals surface area contributed by atoms with E-state index in [4.69, 9.17) is 0 Å². The number of hydrogen-bond donors (Lipinski definition) is 0. The minimum absolute atomic E-state index is 0.276. The predicted octanol–water partition coefficient (Wildman–Crippen LogP) is 10.6. The SMILES string of the molecule is CC(C)(C)C1=C(c2ccc(C(F)(F)F)cc2)C(=O)C2=Cc3cc(-c4ccc(C(F)(F)F)cc4)c(C(C)(C)C)cc3C2=C1. The normalized spacial score (nSPS) is 15.9. The lowest BCUT2D eigenvalue weighted by Crippen LogP contribution is -2.20. The predicted molar refractivity (Wildman–Crippen MR) is 154 cm³/mol. The summed E-state index contributed by atoms with van der Waals surface area (Å²) >= 11 is 0. The average Bonchev–Trinajstić information content (AvgIpc) is 3.24. The lowest BCUT2D eigenvalue weighted by atomic mass is 9.73. The number of carbonyl (C=O) groups is 1. The van der Waals surface area contributed by atoms with Crippen molar-refractivity contribution in [3.63, 3.8) is 0 Å². The molecule has 5 rings (SSSR count). The summed E-state index contributed by atoms with van der Waals surface area (Å²) in [4.78, 5) is 14.1. The molecule has 3 aromatic rings. The zero-order valence-electron chi connectivity index (χ0n) is 24.1. The molecule has 218 valence electrons. The third kappa shape index (κ3) is 5.25. The van der Waals surface area contributed by atoms with E-state index in [0.717, 1.165) is 57.7 Å². The summed E-state index contributed by atoms with van der Waals surface area (Å²) in [6.45, 7) is 11.9. The fourth-order valence-corrected chi connectivity index (χ4v) is 5.57. The van der Waals surface area contributed by atoms with E-state index in [1.54, 1.807) is 6.08 Å². The van der Waals surface area contributed by atoms with Crippen molar-refractivity contribution in [3.05, 3.63) is 111 Å². The molecule has 0 saturated carbocycles. The maximum absolute atomic E-state index is 14.1. The van der Waals surface area contributed by atoms with Gasteiger partial charge in [-0.25, -0.2) is 0 Å². The van der Waals surface area contributed by atoms with Gasteiger partial charge in [0.25, 0.3) is 0 Å². The molecular formula is C35H30F6O. The van der Waals surface area contributed by atoms with Gasteiger partial charge in [-0.3, -0.25) is 4.79 Å². The summed E-state index contributed by atoms with van der Waals surface area (Å²) in [7, 11) is 0. The molecule has 2 aliphatic carbocycles. The fraction of sp³-hybridized carbons (Fsp3) is 0.286. The number of Topliss-reactive ketones (excluding diaryl/α,β-unsaturated/α-hetero) is 1. The highest BCUT2D eigenvalue weighted by molar-refractivity contribution is 6.39. The lowest BCUT2D eigenvalue weighted by Gasteiger charge is -2.29. The summed E-state index contributed by atoms with van der Waals surface area (Å²) in [6.07, 6.45) is -5.21. The second kappa shape index (κ2) is 9.58. The zero-order chi connectivity index (χ0) is 31.0. The maximum Gasteiger partial charge on any atom is 0.416 e. The van der Waals surface area contributed by atoms with Crippen LogP contribution in [0.2, 0.25) is 0 Å². The van der Waals surface area contributed by atoms with Crippen molar-refractivity contribution in [2.45, 2.75) is 59.3 Å². The molecule has 0 bridgehead atoms. The highest BCUT2D eigenvalue weighted by Gasteiger charge is 2.38. The first-order valence-electron chi connectivity index (χ1n) is 13.5. The summed E-state index contributed by atoms with van der Waals surface area (Å²) in [5, 5.41) is 0. The molecule has 42 heavy (non-hydrogen) atoms. The van der Waals surface area contributed by atoms with E-state index in [2.05, 4.69) is 0 Å². The monoisotopic (exact) mass is 580 g/mol. The van der Waals surface area contributed by atoms with Crippen molar-refractivity contribution in [2.75, 3.05) is 0 Å². The molecule has 0 fully saturated rings. The van der Waals surface area contributed by atoms with Crippen LogP contribution < -0.4 is 0 Å². The van der Waals surface area contributed by atoms with Gasteiger partial charge in [-0.2, -0.15) is 26.3 Å².